The number of para-hydroxylation sites is 1. The molecule has 7 nitrogen and oxygen atoms in total. The number of furan rings is 1. The van der Waals surface area contributed by atoms with E-state index in [1.165, 1.54) is 0 Å². The molecule has 166 valence electrons. The van der Waals surface area contributed by atoms with Crippen LogP contribution in [0.15, 0.2) is 53.1 Å². The first-order valence-electron chi connectivity index (χ1n) is 11.2. The second kappa shape index (κ2) is 10.6. The maximum absolute atomic E-state index is 13.0. The summed E-state index contributed by atoms with van der Waals surface area (Å²) in [6.45, 7) is 3.67. The lowest BCUT2D eigenvalue weighted by molar-refractivity contribution is -0.136. The predicted molar refractivity (Wildman–Crippen MR) is 117 cm³/mol. The van der Waals surface area contributed by atoms with Crippen LogP contribution in [0, 0.1) is 5.92 Å². The van der Waals surface area contributed by atoms with Crippen molar-refractivity contribution in [3.05, 3.63) is 54.5 Å². The van der Waals surface area contributed by atoms with Crippen molar-refractivity contribution in [2.75, 3.05) is 38.1 Å². The highest BCUT2D eigenvalue weighted by atomic mass is 16.5. The first kappa shape index (κ1) is 21.6. The summed E-state index contributed by atoms with van der Waals surface area (Å²) in [6, 6.07) is 13.3. The van der Waals surface area contributed by atoms with Gasteiger partial charge in [0.25, 0.3) is 0 Å². The Morgan fingerprint density at radius 1 is 1.06 bits per heavy atom. The van der Waals surface area contributed by atoms with Gasteiger partial charge in [0, 0.05) is 37.8 Å². The van der Waals surface area contributed by atoms with Gasteiger partial charge in [0.1, 0.15) is 5.76 Å². The van der Waals surface area contributed by atoms with E-state index in [9.17, 15) is 9.59 Å². The Morgan fingerprint density at radius 3 is 2.55 bits per heavy atom. The summed E-state index contributed by atoms with van der Waals surface area (Å²) in [5, 5.41) is 2.98. The van der Waals surface area contributed by atoms with Crippen LogP contribution < -0.4 is 5.32 Å². The third kappa shape index (κ3) is 6.18. The number of carbonyl (C=O) groups is 2. The van der Waals surface area contributed by atoms with Gasteiger partial charge in [-0.05, 0) is 49.9 Å². The number of ether oxygens (including phenoxy) is 1. The molecular formula is C24H31N3O4. The van der Waals surface area contributed by atoms with E-state index in [0.29, 0.717) is 39.0 Å². The molecule has 2 fully saturated rings. The summed E-state index contributed by atoms with van der Waals surface area (Å²) in [5.74, 6) is 0.931. The minimum atomic E-state index is -0.0598. The molecule has 3 heterocycles. The quantitative estimate of drug-likeness (QED) is 0.703. The fourth-order valence-corrected chi connectivity index (χ4v) is 4.33. The number of hydrogen-bond acceptors (Lipinski definition) is 5. The minimum Gasteiger partial charge on any atom is -0.468 e. The SMILES string of the molecule is O=C(Nc1ccccc1)C1CCN(C(=O)CN(Cc2ccco2)CC2CCCO2)CC1. The first-order chi connectivity index (χ1) is 15.2. The lowest BCUT2D eigenvalue weighted by Gasteiger charge is -2.33. The lowest BCUT2D eigenvalue weighted by Crippen LogP contribution is -2.46. The van der Waals surface area contributed by atoms with Crippen LogP contribution >= 0.6 is 0 Å². The van der Waals surface area contributed by atoms with Crippen molar-refractivity contribution in [1.29, 1.82) is 0 Å². The molecule has 1 unspecified atom stereocenters. The van der Waals surface area contributed by atoms with Crippen LogP contribution in [0.3, 0.4) is 0 Å². The van der Waals surface area contributed by atoms with E-state index in [0.717, 1.165) is 37.4 Å². The van der Waals surface area contributed by atoms with Crippen LogP contribution in [-0.4, -0.2) is 60.5 Å². The van der Waals surface area contributed by atoms with Crippen molar-refractivity contribution in [1.82, 2.24) is 9.80 Å². The number of carbonyl (C=O) groups excluding carboxylic acids is 2. The average Bonchev–Trinajstić information content (AvgIpc) is 3.49. The minimum absolute atomic E-state index is 0.0381. The van der Waals surface area contributed by atoms with Crippen molar-refractivity contribution < 1.29 is 18.7 Å². The first-order valence-corrected chi connectivity index (χ1v) is 11.2. The van der Waals surface area contributed by atoms with Crippen LogP contribution in [0.2, 0.25) is 0 Å². The summed E-state index contributed by atoms with van der Waals surface area (Å²) in [6.07, 6.45) is 5.32. The van der Waals surface area contributed by atoms with Crippen molar-refractivity contribution in [3.63, 3.8) is 0 Å². The van der Waals surface area contributed by atoms with Gasteiger partial charge in [-0.15, -0.1) is 0 Å². The highest BCUT2D eigenvalue weighted by Gasteiger charge is 2.29. The van der Waals surface area contributed by atoms with Crippen LogP contribution in [0.4, 0.5) is 5.69 Å². The maximum atomic E-state index is 13.0. The molecule has 2 aliphatic heterocycles. The molecule has 1 atom stereocenters. The summed E-state index contributed by atoms with van der Waals surface area (Å²) in [7, 11) is 0. The number of amides is 2. The fourth-order valence-electron chi connectivity index (χ4n) is 4.33. The number of benzene rings is 1. The van der Waals surface area contributed by atoms with Crippen LogP contribution in [0.25, 0.3) is 0 Å². The number of rotatable bonds is 8. The Kier molecular flexibility index (Phi) is 7.38. The molecule has 7 heteroatoms. The highest BCUT2D eigenvalue weighted by molar-refractivity contribution is 5.92. The van der Waals surface area contributed by atoms with Crippen LogP contribution in [0.5, 0.6) is 0 Å². The maximum Gasteiger partial charge on any atom is 0.236 e. The van der Waals surface area contributed by atoms with Gasteiger partial charge in [0.2, 0.25) is 11.8 Å². The van der Waals surface area contributed by atoms with E-state index in [2.05, 4.69) is 10.2 Å². The zero-order valence-electron chi connectivity index (χ0n) is 17.9. The number of nitrogens with zero attached hydrogens (tertiary/aromatic N) is 2. The van der Waals surface area contributed by atoms with E-state index in [1.807, 2.05) is 47.4 Å². The molecule has 1 aromatic heterocycles. The normalized spacial score (nSPS) is 19.6. The molecule has 0 radical (unpaired) electrons. The number of anilines is 1. The van der Waals surface area contributed by atoms with Gasteiger partial charge in [-0.25, -0.2) is 0 Å². The van der Waals surface area contributed by atoms with Gasteiger partial charge in [0.15, 0.2) is 0 Å². The predicted octanol–water partition coefficient (Wildman–Crippen LogP) is 3.14. The summed E-state index contributed by atoms with van der Waals surface area (Å²) < 4.78 is 11.3. The molecule has 0 bridgehead atoms. The molecule has 2 aromatic rings. The van der Waals surface area contributed by atoms with Crippen molar-refractivity contribution in [2.24, 2.45) is 5.92 Å². The van der Waals surface area contributed by atoms with E-state index in [-0.39, 0.29) is 23.8 Å². The Balaban J connectivity index is 1.27. The van der Waals surface area contributed by atoms with Crippen molar-refractivity contribution in [2.45, 2.75) is 38.3 Å². The summed E-state index contributed by atoms with van der Waals surface area (Å²) in [4.78, 5) is 29.5. The van der Waals surface area contributed by atoms with Crippen LogP contribution in [-0.2, 0) is 20.9 Å². The average molecular weight is 426 g/mol. The molecule has 1 aromatic carbocycles. The molecule has 0 aliphatic carbocycles. The standard InChI is InChI=1S/C24H31N3O4/c28-23(18-26(16-21-8-4-14-30-21)17-22-9-5-15-31-22)27-12-10-19(11-13-27)24(29)25-20-6-2-1-3-7-20/h1-4,6-8,14,19,22H,5,9-13,15-18H2,(H,25,29). The number of hydrogen-bond donors (Lipinski definition) is 1. The molecule has 0 spiro atoms. The van der Waals surface area contributed by atoms with Gasteiger partial charge in [-0.1, -0.05) is 18.2 Å². The van der Waals surface area contributed by atoms with Crippen LogP contribution in [0.1, 0.15) is 31.4 Å². The van der Waals surface area contributed by atoms with E-state index in [1.54, 1.807) is 6.26 Å². The summed E-state index contributed by atoms with van der Waals surface area (Å²) >= 11 is 0. The van der Waals surface area contributed by atoms with Gasteiger partial charge >= 0.3 is 0 Å². The van der Waals surface area contributed by atoms with Crippen molar-refractivity contribution in [3.8, 4) is 0 Å². The smallest absolute Gasteiger partial charge is 0.236 e. The zero-order valence-corrected chi connectivity index (χ0v) is 17.9. The zero-order chi connectivity index (χ0) is 21.5. The molecular weight excluding hydrogens is 394 g/mol. The van der Waals surface area contributed by atoms with E-state index < -0.39 is 0 Å². The van der Waals surface area contributed by atoms with Gasteiger partial charge in [-0.3, -0.25) is 14.5 Å². The second-order valence-corrected chi connectivity index (χ2v) is 8.39. The van der Waals surface area contributed by atoms with Crippen molar-refractivity contribution >= 4 is 17.5 Å². The Labute approximate surface area is 183 Å². The highest BCUT2D eigenvalue weighted by Crippen LogP contribution is 2.21. The topological polar surface area (TPSA) is 75.0 Å². The molecule has 1 N–H and O–H groups in total. The number of likely N-dealkylation sites (tertiary alicyclic amines) is 1. The molecule has 0 saturated carbocycles. The summed E-state index contributed by atoms with van der Waals surface area (Å²) in [5.41, 5.74) is 0.814. The fraction of sp³-hybridized carbons (Fsp3) is 0.500. The van der Waals surface area contributed by atoms with Gasteiger partial charge in [-0.2, -0.15) is 0 Å². The number of piperidine rings is 1. The third-order valence-electron chi connectivity index (χ3n) is 6.06. The lowest BCUT2D eigenvalue weighted by atomic mass is 9.95. The monoisotopic (exact) mass is 425 g/mol. The molecule has 2 aliphatic rings. The Hall–Kier alpha value is -2.64. The van der Waals surface area contributed by atoms with Gasteiger partial charge in [0.05, 0.1) is 25.5 Å². The molecule has 4 rings (SSSR count). The second-order valence-electron chi connectivity index (χ2n) is 8.39. The largest absolute Gasteiger partial charge is 0.468 e. The molecule has 2 amide bonds. The molecule has 31 heavy (non-hydrogen) atoms. The Bertz CT molecular complexity index is 826. The number of nitrogens with one attached hydrogen (secondary N) is 1. The Morgan fingerprint density at radius 2 is 1.87 bits per heavy atom. The molecule has 2 saturated heterocycles. The third-order valence-corrected chi connectivity index (χ3v) is 6.06. The van der Waals surface area contributed by atoms with E-state index >= 15 is 0 Å². The van der Waals surface area contributed by atoms with E-state index in [4.69, 9.17) is 9.15 Å². The van der Waals surface area contributed by atoms with Gasteiger partial charge < -0.3 is 19.4 Å².